The number of benzene rings is 1. The van der Waals surface area contributed by atoms with E-state index in [1.165, 1.54) is 18.1 Å². The van der Waals surface area contributed by atoms with Gasteiger partial charge in [0.25, 0.3) is 5.56 Å². The van der Waals surface area contributed by atoms with Crippen molar-refractivity contribution in [3.05, 3.63) is 57.4 Å². The molecule has 0 aliphatic rings. The zero-order valence-electron chi connectivity index (χ0n) is 13.9. The van der Waals surface area contributed by atoms with Crippen molar-refractivity contribution in [2.24, 2.45) is 0 Å². The van der Waals surface area contributed by atoms with Crippen LogP contribution in [0.3, 0.4) is 0 Å². The van der Waals surface area contributed by atoms with Crippen LogP contribution in [0.1, 0.15) is 54.7 Å². The van der Waals surface area contributed by atoms with Crippen LogP contribution in [0.4, 0.5) is 0 Å². The van der Waals surface area contributed by atoms with E-state index in [2.05, 4.69) is 26.0 Å². The van der Waals surface area contributed by atoms with Gasteiger partial charge in [-0.05, 0) is 69.0 Å². The van der Waals surface area contributed by atoms with E-state index in [0.29, 0.717) is 0 Å². The van der Waals surface area contributed by atoms with Gasteiger partial charge in [-0.15, -0.1) is 0 Å². The van der Waals surface area contributed by atoms with E-state index in [4.69, 9.17) is 0 Å². The Bertz CT molecular complexity index is 771. The van der Waals surface area contributed by atoms with E-state index < -0.39 is 0 Å². The number of aromatic nitrogens is 1. The molecule has 0 N–H and O–H groups in total. The Balaban J connectivity index is 2.75. The van der Waals surface area contributed by atoms with Crippen LogP contribution < -0.4 is 5.56 Å². The lowest BCUT2D eigenvalue weighted by molar-refractivity contribution is 0.101. The van der Waals surface area contributed by atoms with Crippen molar-refractivity contribution in [1.82, 2.24) is 4.57 Å². The van der Waals surface area contributed by atoms with Gasteiger partial charge in [0.2, 0.25) is 0 Å². The number of nitrogens with zero attached hydrogens (tertiary/aromatic N) is 1. The van der Waals surface area contributed by atoms with E-state index >= 15 is 0 Å². The van der Waals surface area contributed by atoms with Gasteiger partial charge in [-0.2, -0.15) is 0 Å². The Morgan fingerprint density at radius 2 is 1.82 bits per heavy atom. The summed E-state index contributed by atoms with van der Waals surface area (Å²) in [6.07, 6.45) is 0.832. The van der Waals surface area contributed by atoms with Crippen LogP contribution in [0.15, 0.2) is 35.1 Å². The second-order valence-electron chi connectivity index (χ2n) is 5.92. The molecule has 0 saturated carbocycles. The van der Waals surface area contributed by atoms with E-state index in [0.717, 1.165) is 17.7 Å². The quantitative estimate of drug-likeness (QED) is 0.789. The third-order valence-corrected chi connectivity index (χ3v) is 4.33. The summed E-state index contributed by atoms with van der Waals surface area (Å²) in [5.41, 5.74) is 4.35. The van der Waals surface area contributed by atoms with E-state index in [1.807, 2.05) is 26.0 Å². The molecular weight excluding hydrogens is 274 g/mol. The second-order valence-corrected chi connectivity index (χ2v) is 5.92. The van der Waals surface area contributed by atoms with Gasteiger partial charge >= 0.3 is 0 Å². The van der Waals surface area contributed by atoms with Crippen LogP contribution in [0.2, 0.25) is 0 Å². The first kappa shape index (κ1) is 16.2. The summed E-state index contributed by atoms with van der Waals surface area (Å²) in [5.74, 6) is -0.186. The van der Waals surface area contributed by atoms with Crippen molar-refractivity contribution in [1.29, 1.82) is 0 Å². The number of Topliss-reactive ketones (excluding diaryl/α,β-unsaturated/α-hetero) is 1. The van der Waals surface area contributed by atoms with Crippen molar-refractivity contribution < 1.29 is 4.79 Å². The fourth-order valence-corrected chi connectivity index (χ4v) is 2.58. The molecule has 0 bridgehead atoms. The molecule has 0 aliphatic carbocycles. The Morgan fingerprint density at radius 3 is 2.36 bits per heavy atom. The zero-order valence-corrected chi connectivity index (χ0v) is 13.9. The first-order chi connectivity index (χ1) is 10.4. The molecule has 0 radical (unpaired) electrons. The third-order valence-electron chi connectivity index (χ3n) is 4.33. The Labute approximate surface area is 131 Å². The average molecular weight is 297 g/mol. The first-order valence-electron chi connectivity index (χ1n) is 7.71. The van der Waals surface area contributed by atoms with Crippen LogP contribution in [-0.2, 0) is 0 Å². The number of carbonyl (C=O) groups excluding carboxylic acids is 1. The summed E-state index contributed by atoms with van der Waals surface area (Å²) >= 11 is 0. The highest BCUT2D eigenvalue weighted by Crippen LogP contribution is 2.25. The summed E-state index contributed by atoms with van der Waals surface area (Å²) in [6.45, 7) is 9.62. The minimum Gasteiger partial charge on any atom is -0.305 e. The highest BCUT2D eigenvalue weighted by molar-refractivity contribution is 5.94. The molecule has 0 fully saturated rings. The van der Waals surface area contributed by atoms with Crippen LogP contribution >= 0.6 is 0 Å². The molecule has 0 aliphatic heterocycles. The smallest absolute Gasteiger partial charge is 0.262 e. The van der Waals surface area contributed by atoms with Gasteiger partial charge < -0.3 is 4.57 Å². The normalized spacial score (nSPS) is 12.2. The molecule has 0 saturated heterocycles. The average Bonchev–Trinajstić information content (AvgIpc) is 2.48. The molecule has 1 unspecified atom stereocenters. The molecule has 1 atom stereocenters. The fourth-order valence-electron chi connectivity index (χ4n) is 2.58. The number of rotatable bonds is 4. The summed E-state index contributed by atoms with van der Waals surface area (Å²) < 4.78 is 1.75. The Morgan fingerprint density at radius 1 is 1.14 bits per heavy atom. The highest BCUT2D eigenvalue weighted by atomic mass is 16.1. The lowest BCUT2D eigenvalue weighted by atomic mass is 10.0. The zero-order chi connectivity index (χ0) is 16.4. The largest absolute Gasteiger partial charge is 0.305 e. The predicted molar refractivity (Wildman–Crippen MR) is 90.6 cm³/mol. The number of ketones is 1. The Kier molecular flexibility index (Phi) is 4.65. The van der Waals surface area contributed by atoms with Gasteiger partial charge in [0.1, 0.15) is 0 Å². The maximum atomic E-state index is 12.7. The van der Waals surface area contributed by atoms with Crippen LogP contribution in [0.25, 0.3) is 11.3 Å². The molecule has 3 heteroatoms. The molecule has 2 aromatic rings. The van der Waals surface area contributed by atoms with Gasteiger partial charge in [0, 0.05) is 6.04 Å². The number of hydrogen-bond acceptors (Lipinski definition) is 2. The molecule has 22 heavy (non-hydrogen) atoms. The van der Waals surface area contributed by atoms with Gasteiger partial charge in [0.15, 0.2) is 5.78 Å². The Hall–Kier alpha value is -2.16. The van der Waals surface area contributed by atoms with Crippen molar-refractivity contribution in [2.45, 2.75) is 47.1 Å². The lowest BCUT2D eigenvalue weighted by Gasteiger charge is -2.20. The van der Waals surface area contributed by atoms with Crippen molar-refractivity contribution in [3.8, 4) is 11.3 Å². The van der Waals surface area contributed by atoms with Crippen LogP contribution in [0, 0.1) is 13.8 Å². The molecule has 1 aromatic heterocycles. The van der Waals surface area contributed by atoms with Gasteiger partial charge in [0.05, 0.1) is 11.3 Å². The molecule has 0 spiro atoms. The highest BCUT2D eigenvalue weighted by Gasteiger charge is 2.16. The maximum absolute atomic E-state index is 12.7. The molecule has 116 valence electrons. The van der Waals surface area contributed by atoms with Gasteiger partial charge in [-0.1, -0.05) is 19.1 Å². The van der Waals surface area contributed by atoms with Crippen molar-refractivity contribution in [2.75, 3.05) is 0 Å². The van der Waals surface area contributed by atoms with Crippen LogP contribution in [-0.4, -0.2) is 10.4 Å². The first-order valence-corrected chi connectivity index (χ1v) is 7.71. The number of carbonyl (C=O) groups is 1. The van der Waals surface area contributed by atoms with Crippen molar-refractivity contribution >= 4 is 5.78 Å². The summed E-state index contributed by atoms with van der Waals surface area (Å²) in [6, 6.07) is 9.76. The fraction of sp³-hybridized carbons (Fsp3) is 0.368. The third kappa shape index (κ3) is 2.89. The minimum atomic E-state index is -0.197. The van der Waals surface area contributed by atoms with Gasteiger partial charge in [-0.25, -0.2) is 0 Å². The lowest BCUT2D eigenvalue weighted by Crippen LogP contribution is -2.29. The standard InChI is InChI=1S/C19H23NO2/c1-6-14(4)20-18(10-9-17(15(5)21)19(20)22)16-8-7-12(2)13(3)11-16/h7-11,14H,6H2,1-5H3. The molecule has 1 heterocycles. The topological polar surface area (TPSA) is 39.1 Å². The van der Waals surface area contributed by atoms with Crippen LogP contribution in [0.5, 0.6) is 0 Å². The van der Waals surface area contributed by atoms with E-state index in [1.54, 1.807) is 10.6 Å². The number of hydrogen-bond donors (Lipinski definition) is 0. The molecule has 1 aromatic carbocycles. The predicted octanol–water partition coefficient (Wildman–Crippen LogP) is 4.31. The van der Waals surface area contributed by atoms with Gasteiger partial charge in [-0.3, -0.25) is 9.59 Å². The molecule has 2 rings (SSSR count). The van der Waals surface area contributed by atoms with Crippen molar-refractivity contribution in [3.63, 3.8) is 0 Å². The second kappa shape index (κ2) is 6.30. The molecule has 3 nitrogen and oxygen atoms in total. The van der Waals surface area contributed by atoms with E-state index in [9.17, 15) is 9.59 Å². The number of aryl methyl sites for hydroxylation is 2. The summed E-state index contributed by atoms with van der Waals surface area (Å²) in [5, 5.41) is 0. The molecular formula is C19H23NO2. The molecule has 0 amide bonds. The summed E-state index contributed by atoms with van der Waals surface area (Å²) in [4.78, 5) is 24.4. The number of pyridine rings is 1. The maximum Gasteiger partial charge on any atom is 0.262 e. The minimum absolute atomic E-state index is 0.0448. The van der Waals surface area contributed by atoms with E-state index in [-0.39, 0.29) is 22.9 Å². The SMILES string of the molecule is CCC(C)n1c(-c2ccc(C)c(C)c2)ccc(C(C)=O)c1=O. The monoisotopic (exact) mass is 297 g/mol. The summed E-state index contributed by atoms with van der Waals surface area (Å²) in [7, 11) is 0.